The van der Waals surface area contributed by atoms with E-state index in [-0.39, 0.29) is 6.04 Å². The molecule has 1 aromatic heterocycles. The van der Waals surface area contributed by atoms with E-state index in [0.29, 0.717) is 17.4 Å². The van der Waals surface area contributed by atoms with Gasteiger partial charge in [0.2, 0.25) is 10.0 Å². The molecule has 7 heteroatoms. The van der Waals surface area contributed by atoms with Gasteiger partial charge in [-0.3, -0.25) is 9.88 Å². The van der Waals surface area contributed by atoms with Gasteiger partial charge in [0, 0.05) is 47.8 Å². The third-order valence-electron chi connectivity index (χ3n) is 7.30. The summed E-state index contributed by atoms with van der Waals surface area (Å²) in [5, 5.41) is 6.51. The number of aryl methyl sites for hydroxylation is 1. The van der Waals surface area contributed by atoms with Crippen molar-refractivity contribution in [1.82, 2.24) is 14.6 Å². The Morgan fingerprint density at radius 2 is 1.69 bits per heavy atom. The number of pyridine rings is 1. The molecule has 1 aliphatic rings. The maximum atomic E-state index is 13.2. The molecule has 0 amide bonds. The number of benzene rings is 3. The molecule has 2 heterocycles. The summed E-state index contributed by atoms with van der Waals surface area (Å²) in [6.07, 6.45) is 2.03. The van der Waals surface area contributed by atoms with Crippen molar-refractivity contribution < 1.29 is 8.42 Å². The molecule has 0 aliphatic carbocycles. The molecule has 3 aromatic carbocycles. The van der Waals surface area contributed by atoms with Crippen LogP contribution in [0.4, 0.5) is 5.69 Å². The number of hydrogen-bond acceptors (Lipinski definition) is 5. The van der Waals surface area contributed by atoms with E-state index in [0.717, 1.165) is 65.5 Å². The van der Waals surface area contributed by atoms with Gasteiger partial charge < -0.3 is 5.32 Å². The molecule has 1 saturated heterocycles. The smallest absolute Gasteiger partial charge is 0.241 e. The lowest BCUT2D eigenvalue weighted by Crippen LogP contribution is -2.49. The second kappa shape index (κ2) is 10.5. The number of nitrogens with one attached hydrogen (secondary N) is 2. The van der Waals surface area contributed by atoms with E-state index in [2.05, 4.69) is 45.0 Å². The summed E-state index contributed by atoms with van der Waals surface area (Å²) in [4.78, 5) is 7.40. The van der Waals surface area contributed by atoms with Crippen LogP contribution in [0.1, 0.15) is 25.5 Å². The zero-order valence-corrected chi connectivity index (χ0v) is 21.8. The first-order valence-electron chi connectivity index (χ1n) is 12.8. The van der Waals surface area contributed by atoms with Crippen LogP contribution in [-0.4, -0.2) is 50.5 Å². The van der Waals surface area contributed by atoms with Crippen molar-refractivity contribution in [3.63, 3.8) is 0 Å². The number of likely N-dealkylation sites (N-methyl/N-ethyl adjacent to an activating group) is 1. The van der Waals surface area contributed by atoms with E-state index in [1.54, 1.807) is 12.1 Å². The summed E-state index contributed by atoms with van der Waals surface area (Å²) in [6, 6.07) is 23.6. The summed E-state index contributed by atoms with van der Waals surface area (Å²) in [5.74, 6) is 0.503. The van der Waals surface area contributed by atoms with E-state index in [4.69, 9.17) is 0 Å². The van der Waals surface area contributed by atoms with Gasteiger partial charge in [-0.05, 0) is 55.8 Å². The normalized spacial score (nSPS) is 19.1. The van der Waals surface area contributed by atoms with Gasteiger partial charge in [-0.1, -0.05) is 61.5 Å². The van der Waals surface area contributed by atoms with Crippen molar-refractivity contribution in [3.8, 4) is 0 Å². The van der Waals surface area contributed by atoms with Crippen LogP contribution >= 0.6 is 0 Å². The molecular weight excluding hydrogens is 468 g/mol. The van der Waals surface area contributed by atoms with Crippen LogP contribution in [-0.2, 0) is 10.0 Å². The lowest BCUT2D eigenvalue weighted by molar-refractivity contribution is 0.120. The number of aromatic nitrogens is 1. The predicted molar refractivity (Wildman–Crippen MR) is 148 cm³/mol. The summed E-state index contributed by atoms with van der Waals surface area (Å²) < 4.78 is 29.3. The van der Waals surface area contributed by atoms with Crippen LogP contribution < -0.4 is 10.0 Å². The Hall–Kier alpha value is -3.00. The number of fused-ring (bicyclic) bond motifs is 2. The zero-order chi connectivity index (χ0) is 25.1. The summed E-state index contributed by atoms with van der Waals surface area (Å²) in [6.45, 7) is 7.34. The Kier molecular flexibility index (Phi) is 7.23. The van der Waals surface area contributed by atoms with Gasteiger partial charge in [0.25, 0.3) is 0 Å². The van der Waals surface area contributed by atoms with Crippen LogP contribution in [0.3, 0.4) is 0 Å². The van der Waals surface area contributed by atoms with Gasteiger partial charge in [0.1, 0.15) is 0 Å². The van der Waals surface area contributed by atoms with Crippen LogP contribution in [0, 0.1) is 12.8 Å². The molecule has 188 valence electrons. The highest BCUT2D eigenvalue weighted by atomic mass is 32.2. The Labute approximate surface area is 213 Å². The minimum Gasteiger partial charge on any atom is -0.384 e. The number of nitrogens with zero attached hydrogens (tertiary/aromatic N) is 2. The van der Waals surface area contributed by atoms with Crippen molar-refractivity contribution in [2.24, 2.45) is 5.92 Å². The quantitative estimate of drug-likeness (QED) is 0.347. The lowest BCUT2D eigenvalue weighted by atomic mass is 9.92. The highest BCUT2D eigenvalue weighted by molar-refractivity contribution is 7.89. The Morgan fingerprint density at radius 3 is 2.53 bits per heavy atom. The number of rotatable bonds is 8. The SMILES string of the molecule is CCN1C[C@@H](CNc2cc(C)nc3ccccc23)CC[C@@H]1CNS(=O)(=O)c1cccc2ccccc12. The first-order chi connectivity index (χ1) is 17.4. The fraction of sp³-hybridized carbons (Fsp3) is 0.345. The van der Waals surface area contributed by atoms with E-state index in [1.807, 2.05) is 49.4 Å². The molecule has 0 unspecified atom stereocenters. The molecular formula is C29H34N4O2S. The molecule has 0 bridgehead atoms. The second-order valence-corrected chi connectivity index (χ2v) is 11.5. The third kappa shape index (κ3) is 5.24. The lowest BCUT2D eigenvalue weighted by Gasteiger charge is -2.39. The summed E-state index contributed by atoms with van der Waals surface area (Å²) in [7, 11) is -3.60. The molecule has 2 N–H and O–H groups in total. The number of likely N-dealkylation sites (tertiary alicyclic amines) is 1. The summed E-state index contributed by atoms with van der Waals surface area (Å²) >= 11 is 0. The number of hydrogen-bond donors (Lipinski definition) is 2. The van der Waals surface area contributed by atoms with Crippen molar-refractivity contribution in [2.45, 2.75) is 37.6 Å². The van der Waals surface area contributed by atoms with Crippen LogP contribution in [0.2, 0.25) is 0 Å². The van der Waals surface area contributed by atoms with Crippen molar-refractivity contribution in [1.29, 1.82) is 0 Å². The molecule has 1 aliphatic heterocycles. The Bertz CT molecular complexity index is 1470. The first-order valence-corrected chi connectivity index (χ1v) is 14.2. The van der Waals surface area contributed by atoms with E-state index >= 15 is 0 Å². The predicted octanol–water partition coefficient (Wildman–Crippen LogP) is 5.19. The molecule has 2 atom stereocenters. The molecule has 0 saturated carbocycles. The van der Waals surface area contributed by atoms with Gasteiger partial charge >= 0.3 is 0 Å². The van der Waals surface area contributed by atoms with Crippen LogP contribution in [0.15, 0.2) is 77.7 Å². The standard InChI is InChI=1S/C29H34N4O2S/c1-3-33-20-22(18-30-28-17-21(2)32-27-13-7-6-12-26(27)28)15-16-24(33)19-31-36(34,35)29-14-8-10-23-9-4-5-11-25(23)29/h4-14,17,22,24,31H,3,15-16,18-20H2,1-2H3,(H,30,32)/t22-,24-/m1/s1. The van der Waals surface area contributed by atoms with Gasteiger partial charge in [0.15, 0.2) is 0 Å². The number of anilines is 1. The number of para-hydroxylation sites is 1. The number of sulfonamides is 1. The summed E-state index contributed by atoms with van der Waals surface area (Å²) in [5.41, 5.74) is 3.15. The molecule has 5 rings (SSSR count). The maximum absolute atomic E-state index is 13.2. The molecule has 0 spiro atoms. The molecule has 6 nitrogen and oxygen atoms in total. The largest absolute Gasteiger partial charge is 0.384 e. The van der Waals surface area contributed by atoms with Crippen molar-refractivity contribution >= 4 is 37.4 Å². The fourth-order valence-corrected chi connectivity index (χ4v) is 6.69. The van der Waals surface area contributed by atoms with Gasteiger partial charge in [-0.15, -0.1) is 0 Å². The average Bonchev–Trinajstić information content (AvgIpc) is 2.90. The Morgan fingerprint density at radius 1 is 0.944 bits per heavy atom. The topological polar surface area (TPSA) is 74.3 Å². The first kappa shape index (κ1) is 24.7. The van der Waals surface area contributed by atoms with Gasteiger partial charge in [0.05, 0.1) is 10.4 Å². The second-order valence-electron chi connectivity index (χ2n) is 9.72. The fourth-order valence-electron chi connectivity index (χ4n) is 5.39. The van der Waals surface area contributed by atoms with Crippen molar-refractivity contribution in [2.75, 3.05) is 31.5 Å². The number of piperidine rings is 1. The minimum atomic E-state index is -3.60. The highest BCUT2D eigenvalue weighted by Gasteiger charge is 2.29. The molecule has 0 radical (unpaired) electrons. The average molecular weight is 503 g/mol. The van der Waals surface area contributed by atoms with Crippen molar-refractivity contribution in [3.05, 3.63) is 78.5 Å². The van der Waals surface area contributed by atoms with E-state index in [9.17, 15) is 8.42 Å². The zero-order valence-electron chi connectivity index (χ0n) is 20.9. The molecule has 36 heavy (non-hydrogen) atoms. The minimum absolute atomic E-state index is 0.194. The van der Waals surface area contributed by atoms with Gasteiger partial charge in [-0.25, -0.2) is 13.1 Å². The monoisotopic (exact) mass is 502 g/mol. The Balaban J connectivity index is 1.22. The van der Waals surface area contributed by atoms with Crippen LogP contribution in [0.25, 0.3) is 21.7 Å². The van der Waals surface area contributed by atoms with Gasteiger partial charge in [-0.2, -0.15) is 0 Å². The molecule has 1 fully saturated rings. The third-order valence-corrected chi connectivity index (χ3v) is 8.78. The highest BCUT2D eigenvalue weighted by Crippen LogP contribution is 2.27. The van der Waals surface area contributed by atoms with E-state index < -0.39 is 10.0 Å². The maximum Gasteiger partial charge on any atom is 0.241 e. The van der Waals surface area contributed by atoms with Crippen LogP contribution in [0.5, 0.6) is 0 Å². The van der Waals surface area contributed by atoms with E-state index in [1.165, 1.54) is 0 Å². The molecule has 4 aromatic rings.